The lowest BCUT2D eigenvalue weighted by molar-refractivity contribution is 0.174. The van der Waals surface area contributed by atoms with E-state index in [9.17, 15) is 13.5 Å². The molecule has 0 unspecified atom stereocenters. The van der Waals surface area contributed by atoms with Crippen molar-refractivity contribution in [3.63, 3.8) is 0 Å². The smallest absolute Gasteiger partial charge is 0.231 e. The second-order valence-corrected chi connectivity index (χ2v) is 7.28. The minimum absolute atomic E-state index is 0.159. The van der Waals surface area contributed by atoms with Crippen LogP contribution in [0.25, 0.3) is 0 Å². The molecule has 3 rings (SSSR count). The molecule has 0 bridgehead atoms. The Labute approximate surface area is 111 Å². The molecule has 1 heterocycles. The molecule has 0 saturated heterocycles. The van der Waals surface area contributed by atoms with Crippen LogP contribution in [-0.2, 0) is 9.84 Å². The van der Waals surface area contributed by atoms with E-state index in [0.717, 1.165) is 11.8 Å². The van der Waals surface area contributed by atoms with Crippen molar-refractivity contribution in [2.75, 3.05) is 19.7 Å². The summed E-state index contributed by atoms with van der Waals surface area (Å²) in [5.41, 5.74) is 5.63. The largest absolute Gasteiger partial charge is 0.454 e. The molecule has 1 aromatic carbocycles. The van der Waals surface area contributed by atoms with Crippen molar-refractivity contribution < 1.29 is 23.0 Å². The summed E-state index contributed by atoms with van der Waals surface area (Å²) in [6.07, 6.45) is 1.14. The van der Waals surface area contributed by atoms with Crippen LogP contribution < -0.4 is 15.2 Å². The van der Waals surface area contributed by atoms with E-state index in [4.69, 9.17) is 15.2 Å². The maximum absolute atomic E-state index is 11.7. The molecule has 1 fully saturated rings. The zero-order chi connectivity index (χ0) is 13.8. The van der Waals surface area contributed by atoms with Crippen molar-refractivity contribution in [2.24, 2.45) is 5.73 Å². The van der Waals surface area contributed by atoms with Crippen LogP contribution in [0, 0.1) is 0 Å². The third-order valence-corrected chi connectivity index (χ3v) is 5.43. The Morgan fingerprint density at radius 3 is 2.68 bits per heavy atom. The Morgan fingerprint density at radius 2 is 2.11 bits per heavy atom. The van der Waals surface area contributed by atoms with Crippen LogP contribution in [0.3, 0.4) is 0 Å². The number of ether oxygens (including phenoxy) is 2. The minimum atomic E-state index is -3.32. The highest BCUT2D eigenvalue weighted by Gasteiger charge is 2.67. The molecule has 2 aliphatic rings. The van der Waals surface area contributed by atoms with Crippen LogP contribution in [0.4, 0.5) is 0 Å². The van der Waals surface area contributed by atoms with Crippen molar-refractivity contribution in [3.8, 4) is 11.5 Å². The molecule has 1 aromatic rings. The number of hydrogen-bond acceptors (Lipinski definition) is 6. The van der Waals surface area contributed by atoms with Gasteiger partial charge >= 0.3 is 0 Å². The third-order valence-electron chi connectivity index (χ3n) is 3.79. The van der Waals surface area contributed by atoms with Gasteiger partial charge in [0.05, 0.1) is 17.4 Å². The van der Waals surface area contributed by atoms with Crippen molar-refractivity contribution in [3.05, 3.63) is 23.8 Å². The molecule has 6 nitrogen and oxygen atoms in total. The number of sulfone groups is 1. The molecule has 1 saturated carbocycles. The van der Waals surface area contributed by atoms with Crippen LogP contribution >= 0.6 is 0 Å². The normalized spacial score (nSPS) is 32.4. The number of hydrogen-bond donors (Lipinski definition) is 2. The average molecular weight is 285 g/mol. The number of aliphatic hydroxyl groups is 1. The van der Waals surface area contributed by atoms with Gasteiger partial charge in [0.1, 0.15) is 0 Å². The number of aliphatic hydroxyl groups excluding tert-OH is 1. The topological polar surface area (TPSA) is 98.9 Å². The second-order valence-electron chi connectivity index (χ2n) is 5.11. The highest BCUT2D eigenvalue weighted by molar-refractivity contribution is 7.91. The van der Waals surface area contributed by atoms with Gasteiger partial charge in [-0.15, -0.1) is 0 Å². The first-order chi connectivity index (χ1) is 8.88. The van der Waals surface area contributed by atoms with Crippen molar-refractivity contribution in [1.29, 1.82) is 0 Å². The summed E-state index contributed by atoms with van der Waals surface area (Å²) in [7, 11) is -3.32. The molecule has 3 atom stereocenters. The van der Waals surface area contributed by atoms with Crippen LogP contribution in [0.5, 0.6) is 11.5 Å². The summed E-state index contributed by atoms with van der Waals surface area (Å²) in [6, 6.07) is 5.23. The molecule has 0 radical (unpaired) electrons. The second kappa shape index (κ2) is 3.84. The van der Waals surface area contributed by atoms with E-state index in [1.807, 2.05) is 0 Å². The van der Waals surface area contributed by atoms with E-state index >= 15 is 0 Å². The SMILES string of the molecule is CS(=O)(=O)[C@@H]1[C@H](c2ccc3c(c2)OCO3)[C@]1(N)CO. The Morgan fingerprint density at radius 1 is 1.42 bits per heavy atom. The van der Waals surface area contributed by atoms with Gasteiger partial charge in [0.15, 0.2) is 21.3 Å². The molecule has 3 N–H and O–H groups in total. The van der Waals surface area contributed by atoms with Gasteiger partial charge in [-0.1, -0.05) is 6.07 Å². The van der Waals surface area contributed by atoms with Crippen LogP contribution in [0.15, 0.2) is 18.2 Å². The van der Waals surface area contributed by atoms with Gasteiger partial charge in [0, 0.05) is 12.2 Å². The summed E-state index contributed by atoms with van der Waals surface area (Å²) in [4.78, 5) is 0. The quantitative estimate of drug-likeness (QED) is 0.785. The molecule has 7 heteroatoms. The monoisotopic (exact) mass is 285 g/mol. The number of benzene rings is 1. The van der Waals surface area contributed by atoms with Crippen LogP contribution in [0.1, 0.15) is 11.5 Å². The Kier molecular flexibility index (Phi) is 2.57. The molecule has 0 spiro atoms. The van der Waals surface area contributed by atoms with Gasteiger partial charge in [-0.05, 0) is 17.7 Å². The molecular weight excluding hydrogens is 270 g/mol. The highest BCUT2D eigenvalue weighted by atomic mass is 32.2. The molecule has 0 aromatic heterocycles. The minimum Gasteiger partial charge on any atom is -0.454 e. The predicted molar refractivity (Wildman–Crippen MR) is 67.9 cm³/mol. The fourth-order valence-corrected chi connectivity index (χ4v) is 4.69. The third kappa shape index (κ3) is 1.80. The maximum Gasteiger partial charge on any atom is 0.231 e. The summed E-state index contributed by atoms with van der Waals surface area (Å²) < 4.78 is 33.9. The summed E-state index contributed by atoms with van der Waals surface area (Å²) >= 11 is 0. The summed E-state index contributed by atoms with van der Waals surface area (Å²) in [5, 5.41) is 8.62. The van der Waals surface area contributed by atoms with E-state index in [2.05, 4.69) is 0 Å². The van der Waals surface area contributed by atoms with Gasteiger partial charge in [-0.25, -0.2) is 8.42 Å². The van der Waals surface area contributed by atoms with Gasteiger partial charge < -0.3 is 20.3 Å². The van der Waals surface area contributed by atoms with Gasteiger partial charge in [-0.2, -0.15) is 0 Å². The van der Waals surface area contributed by atoms with Crippen LogP contribution in [0.2, 0.25) is 0 Å². The van der Waals surface area contributed by atoms with Gasteiger partial charge in [-0.3, -0.25) is 0 Å². The standard InChI is InChI=1S/C12H15NO5S/c1-19(15,16)11-10(12(11,13)5-14)7-2-3-8-9(4-7)18-6-17-8/h2-4,10-11,14H,5-6,13H2,1H3/t10-,11+,12+/m0/s1. The van der Waals surface area contributed by atoms with E-state index in [1.54, 1.807) is 18.2 Å². The van der Waals surface area contributed by atoms with E-state index in [1.165, 1.54) is 0 Å². The molecule has 104 valence electrons. The Hall–Kier alpha value is -1.31. The number of fused-ring (bicyclic) bond motifs is 1. The van der Waals surface area contributed by atoms with E-state index < -0.39 is 26.5 Å². The first-order valence-electron chi connectivity index (χ1n) is 5.86. The lowest BCUT2D eigenvalue weighted by atomic mass is 10.1. The van der Waals surface area contributed by atoms with E-state index in [-0.39, 0.29) is 13.4 Å². The fourth-order valence-electron chi connectivity index (χ4n) is 2.85. The van der Waals surface area contributed by atoms with Gasteiger partial charge in [0.2, 0.25) is 6.79 Å². The van der Waals surface area contributed by atoms with Crippen molar-refractivity contribution >= 4 is 9.84 Å². The molecule has 1 aliphatic heterocycles. The summed E-state index contributed by atoms with van der Waals surface area (Å²) in [6.45, 7) is -0.212. The first-order valence-corrected chi connectivity index (χ1v) is 7.81. The number of rotatable bonds is 3. The summed E-state index contributed by atoms with van der Waals surface area (Å²) in [5.74, 6) is 0.797. The molecule has 1 aliphatic carbocycles. The molecular formula is C12H15NO5S. The molecule has 19 heavy (non-hydrogen) atoms. The van der Waals surface area contributed by atoms with E-state index in [0.29, 0.717) is 11.5 Å². The van der Waals surface area contributed by atoms with Crippen LogP contribution in [-0.4, -0.2) is 44.0 Å². The fraction of sp³-hybridized carbons (Fsp3) is 0.500. The average Bonchev–Trinajstić information content (AvgIpc) is 2.77. The first kappa shape index (κ1) is 12.7. The lowest BCUT2D eigenvalue weighted by Crippen LogP contribution is -2.34. The zero-order valence-corrected chi connectivity index (χ0v) is 11.2. The lowest BCUT2D eigenvalue weighted by Gasteiger charge is -2.07. The zero-order valence-electron chi connectivity index (χ0n) is 10.4. The Bertz CT molecular complexity index is 629. The Balaban J connectivity index is 1.99. The van der Waals surface area contributed by atoms with Crippen molar-refractivity contribution in [1.82, 2.24) is 0 Å². The predicted octanol–water partition coefficient (Wildman–Crippen LogP) is -0.384. The number of nitrogens with two attached hydrogens (primary N) is 1. The maximum atomic E-state index is 11.7. The van der Waals surface area contributed by atoms with Gasteiger partial charge in [0.25, 0.3) is 0 Å². The highest BCUT2D eigenvalue weighted by Crippen LogP contribution is 2.54. The molecule has 0 amide bonds. The van der Waals surface area contributed by atoms with Crippen molar-refractivity contribution in [2.45, 2.75) is 16.7 Å².